The molecule has 0 saturated carbocycles. The monoisotopic (exact) mass is 288 g/mol. The zero-order chi connectivity index (χ0) is 14.6. The molecule has 4 nitrogen and oxygen atoms in total. The molecule has 0 aliphatic heterocycles. The van der Waals surface area contributed by atoms with Crippen molar-refractivity contribution < 1.29 is 12.8 Å². The Labute approximate surface area is 114 Å². The molecule has 0 heterocycles. The van der Waals surface area contributed by atoms with E-state index in [-0.39, 0.29) is 17.6 Å². The zero-order valence-electron chi connectivity index (χ0n) is 11.6. The second-order valence-corrected chi connectivity index (χ2v) is 7.12. The van der Waals surface area contributed by atoms with Gasteiger partial charge in [0.25, 0.3) is 0 Å². The van der Waals surface area contributed by atoms with E-state index >= 15 is 0 Å². The average molecular weight is 288 g/mol. The van der Waals surface area contributed by atoms with E-state index in [2.05, 4.69) is 0 Å². The molecule has 0 spiro atoms. The molecule has 0 aromatic heterocycles. The Kier molecular flexibility index (Phi) is 5.46. The molecule has 0 aliphatic rings. The number of hydrogen-bond acceptors (Lipinski definition) is 4. The number of aryl methyl sites for hydroxylation is 1. The van der Waals surface area contributed by atoms with Gasteiger partial charge in [-0.2, -0.15) is 0 Å². The van der Waals surface area contributed by atoms with Crippen LogP contribution < -0.4 is 5.73 Å². The lowest BCUT2D eigenvalue weighted by Crippen LogP contribution is -2.34. The van der Waals surface area contributed by atoms with Gasteiger partial charge in [-0.05, 0) is 37.2 Å². The number of likely N-dealkylation sites (N-methyl/N-ethyl adjacent to an activating group) is 1. The molecule has 1 atom stereocenters. The first kappa shape index (κ1) is 16.1. The Bertz CT molecular complexity index is 531. The first-order valence-electron chi connectivity index (χ1n) is 6.08. The largest absolute Gasteiger partial charge is 0.329 e. The van der Waals surface area contributed by atoms with Crippen LogP contribution in [0.3, 0.4) is 0 Å². The van der Waals surface area contributed by atoms with Crippen LogP contribution in [0, 0.1) is 12.7 Å². The van der Waals surface area contributed by atoms with E-state index in [1.165, 1.54) is 18.4 Å². The van der Waals surface area contributed by atoms with Gasteiger partial charge < -0.3 is 5.73 Å². The summed E-state index contributed by atoms with van der Waals surface area (Å²) in [6.45, 7) is 2.58. The lowest BCUT2D eigenvalue weighted by molar-refractivity contribution is 0.263. The number of sulfone groups is 1. The predicted octanol–water partition coefficient (Wildman–Crippen LogP) is 1.11. The van der Waals surface area contributed by atoms with Gasteiger partial charge in [-0.25, -0.2) is 12.8 Å². The van der Waals surface area contributed by atoms with Crippen LogP contribution in [-0.2, 0) is 9.84 Å². The van der Waals surface area contributed by atoms with E-state index < -0.39 is 9.84 Å². The van der Waals surface area contributed by atoms with Crippen LogP contribution in [-0.4, -0.2) is 45.5 Å². The third-order valence-corrected chi connectivity index (χ3v) is 4.09. The van der Waals surface area contributed by atoms with Crippen molar-refractivity contribution in [2.45, 2.75) is 13.0 Å². The fraction of sp³-hybridized carbons (Fsp3) is 0.538. The Morgan fingerprint density at radius 3 is 2.53 bits per heavy atom. The van der Waals surface area contributed by atoms with E-state index in [1.807, 2.05) is 18.9 Å². The summed E-state index contributed by atoms with van der Waals surface area (Å²) < 4.78 is 35.5. The molecular formula is C13H21FN2O2S. The van der Waals surface area contributed by atoms with E-state index in [4.69, 9.17) is 5.73 Å². The molecule has 1 unspecified atom stereocenters. The molecule has 1 rings (SSSR count). The summed E-state index contributed by atoms with van der Waals surface area (Å²) in [5.41, 5.74) is 7.52. The second-order valence-electron chi connectivity index (χ2n) is 4.86. The van der Waals surface area contributed by atoms with Crippen molar-refractivity contribution in [3.05, 3.63) is 35.1 Å². The van der Waals surface area contributed by atoms with E-state index in [1.54, 1.807) is 6.07 Å². The van der Waals surface area contributed by atoms with Crippen LogP contribution in [0.25, 0.3) is 0 Å². The maximum absolute atomic E-state index is 13.1. The normalized spacial score (nSPS) is 13.8. The van der Waals surface area contributed by atoms with Gasteiger partial charge in [0.05, 0.1) is 5.75 Å². The van der Waals surface area contributed by atoms with Crippen molar-refractivity contribution in [3.8, 4) is 0 Å². The molecule has 0 radical (unpaired) electrons. The number of nitrogens with two attached hydrogens (primary N) is 1. The van der Waals surface area contributed by atoms with Gasteiger partial charge >= 0.3 is 0 Å². The van der Waals surface area contributed by atoms with Crippen LogP contribution in [0.15, 0.2) is 18.2 Å². The third kappa shape index (κ3) is 4.89. The van der Waals surface area contributed by atoms with Gasteiger partial charge in [-0.15, -0.1) is 0 Å². The average Bonchev–Trinajstić information content (AvgIpc) is 2.29. The predicted molar refractivity (Wildman–Crippen MR) is 75.3 cm³/mol. The summed E-state index contributed by atoms with van der Waals surface area (Å²) in [4.78, 5) is 1.89. The van der Waals surface area contributed by atoms with E-state index in [9.17, 15) is 12.8 Å². The Morgan fingerprint density at radius 1 is 1.42 bits per heavy atom. The molecule has 1 aromatic carbocycles. The molecule has 0 fully saturated rings. The van der Waals surface area contributed by atoms with Crippen LogP contribution in [0.5, 0.6) is 0 Å². The summed E-state index contributed by atoms with van der Waals surface area (Å²) >= 11 is 0. The van der Waals surface area contributed by atoms with Gasteiger partial charge in [0.15, 0.2) is 0 Å². The quantitative estimate of drug-likeness (QED) is 0.852. The molecule has 19 heavy (non-hydrogen) atoms. The van der Waals surface area contributed by atoms with Crippen LogP contribution in [0.1, 0.15) is 17.2 Å². The van der Waals surface area contributed by atoms with Gasteiger partial charge in [0.2, 0.25) is 0 Å². The smallest absolute Gasteiger partial charge is 0.148 e. The maximum atomic E-state index is 13.1. The Hall–Kier alpha value is -0.980. The van der Waals surface area contributed by atoms with E-state index in [0.717, 1.165) is 11.1 Å². The molecular weight excluding hydrogens is 267 g/mol. The highest BCUT2D eigenvalue weighted by atomic mass is 32.2. The zero-order valence-corrected chi connectivity index (χ0v) is 12.4. The topological polar surface area (TPSA) is 63.4 Å². The summed E-state index contributed by atoms with van der Waals surface area (Å²) in [7, 11) is -1.18. The third-order valence-electron chi connectivity index (χ3n) is 3.16. The Morgan fingerprint density at radius 2 is 2.05 bits per heavy atom. The number of benzene rings is 1. The molecule has 0 saturated heterocycles. The van der Waals surface area contributed by atoms with Crippen molar-refractivity contribution >= 4 is 9.84 Å². The molecule has 1 aromatic rings. The van der Waals surface area contributed by atoms with Gasteiger partial charge in [-0.3, -0.25) is 4.90 Å². The molecule has 0 bridgehead atoms. The van der Waals surface area contributed by atoms with E-state index in [0.29, 0.717) is 13.1 Å². The SMILES string of the molecule is Cc1cc(F)ccc1C(CN)N(C)CCS(C)(=O)=O. The van der Waals surface area contributed by atoms with Crippen LogP contribution in [0.2, 0.25) is 0 Å². The van der Waals surface area contributed by atoms with Crippen LogP contribution in [0.4, 0.5) is 4.39 Å². The molecule has 108 valence electrons. The highest BCUT2D eigenvalue weighted by molar-refractivity contribution is 7.90. The van der Waals surface area contributed by atoms with Gasteiger partial charge in [0.1, 0.15) is 15.7 Å². The number of halogens is 1. The van der Waals surface area contributed by atoms with Crippen molar-refractivity contribution in [1.82, 2.24) is 4.90 Å². The number of nitrogens with zero attached hydrogens (tertiary/aromatic N) is 1. The minimum atomic E-state index is -3.00. The summed E-state index contributed by atoms with van der Waals surface area (Å²) in [5, 5.41) is 0. The molecule has 2 N–H and O–H groups in total. The summed E-state index contributed by atoms with van der Waals surface area (Å²) in [5.74, 6) is -0.198. The number of rotatable bonds is 6. The lowest BCUT2D eigenvalue weighted by atomic mass is 10.00. The van der Waals surface area contributed by atoms with Crippen molar-refractivity contribution in [1.29, 1.82) is 0 Å². The molecule has 6 heteroatoms. The second kappa shape index (κ2) is 6.45. The van der Waals surface area contributed by atoms with Crippen molar-refractivity contribution in [3.63, 3.8) is 0 Å². The standard InChI is InChI=1S/C13H21FN2O2S/c1-10-8-11(14)4-5-12(10)13(9-15)16(2)6-7-19(3,17)18/h4-5,8,13H,6-7,9,15H2,1-3H3. The Balaban J connectivity index is 2.87. The lowest BCUT2D eigenvalue weighted by Gasteiger charge is -2.28. The summed E-state index contributed by atoms with van der Waals surface area (Å²) in [6, 6.07) is 4.46. The number of hydrogen-bond donors (Lipinski definition) is 1. The first-order chi connectivity index (χ1) is 8.74. The van der Waals surface area contributed by atoms with Crippen molar-refractivity contribution in [2.24, 2.45) is 5.73 Å². The molecule has 0 amide bonds. The fourth-order valence-electron chi connectivity index (χ4n) is 2.02. The minimum absolute atomic E-state index is 0.0836. The minimum Gasteiger partial charge on any atom is -0.329 e. The van der Waals surface area contributed by atoms with Gasteiger partial charge in [-0.1, -0.05) is 6.07 Å². The fourth-order valence-corrected chi connectivity index (χ4v) is 2.64. The van der Waals surface area contributed by atoms with Gasteiger partial charge in [0, 0.05) is 25.4 Å². The highest BCUT2D eigenvalue weighted by Crippen LogP contribution is 2.22. The first-order valence-corrected chi connectivity index (χ1v) is 8.14. The maximum Gasteiger partial charge on any atom is 0.148 e. The van der Waals surface area contributed by atoms with Crippen LogP contribution >= 0.6 is 0 Å². The van der Waals surface area contributed by atoms with Crippen molar-refractivity contribution in [2.75, 3.05) is 32.1 Å². The molecule has 0 aliphatic carbocycles. The highest BCUT2D eigenvalue weighted by Gasteiger charge is 2.18. The summed E-state index contributed by atoms with van der Waals surface area (Å²) in [6.07, 6.45) is 1.21.